The molecule has 2 aromatic rings. The van der Waals surface area contributed by atoms with Crippen molar-refractivity contribution < 1.29 is 4.39 Å². The Morgan fingerprint density at radius 1 is 1.37 bits per heavy atom. The fraction of sp³-hybridized carbons (Fsp3) is 0.308. The summed E-state index contributed by atoms with van der Waals surface area (Å²) in [5.41, 5.74) is 7.18. The number of hydrogen-bond donors (Lipinski definition) is 1. The van der Waals surface area contributed by atoms with Gasteiger partial charge in [0.15, 0.2) is 0 Å². The molecule has 1 atom stereocenters. The molecule has 0 amide bonds. The predicted molar refractivity (Wildman–Crippen MR) is 79.4 cm³/mol. The first-order valence-corrected chi connectivity index (χ1v) is 7.52. The number of nitrogens with two attached hydrogens (primary N) is 1. The summed E-state index contributed by atoms with van der Waals surface area (Å²) in [6.45, 7) is 2.07. The van der Waals surface area contributed by atoms with E-state index in [1.807, 2.05) is 5.38 Å². The molecule has 0 saturated carbocycles. The zero-order valence-electron chi connectivity index (χ0n) is 10.3. The standard InChI is InChI=1S/C13H13Cl2FN2S/c1-2-3-11(17)13-18-12(6-19-13)7-4-10(16)9(15)5-8(7)14/h4-6,11H,2-3,17H2,1H3. The molecule has 0 spiro atoms. The summed E-state index contributed by atoms with van der Waals surface area (Å²) in [4.78, 5) is 4.43. The lowest BCUT2D eigenvalue weighted by Gasteiger charge is -2.06. The smallest absolute Gasteiger partial charge is 0.142 e. The fourth-order valence-electron chi connectivity index (χ4n) is 1.73. The van der Waals surface area contributed by atoms with E-state index in [-0.39, 0.29) is 11.1 Å². The molecule has 0 radical (unpaired) electrons. The second-order valence-electron chi connectivity index (χ2n) is 4.21. The molecule has 0 fully saturated rings. The summed E-state index contributed by atoms with van der Waals surface area (Å²) >= 11 is 13.2. The lowest BCUT2D eigenvalue weighted by Crippen LogP contribution is -2.09. The summed E-state index contributed by atoms with van der Waals surface area (Å²) in [7, 11) is 0. The van der Waals surface area contributed by atoms with Crippen LogP contribution >= 0.6 is 34.5 Å². The zero-order valence-corrected chi connectivity index (χ0v) is 12.6. The van der Waals surface area contributed by atoms with Crippen molar-refractivity contribution in [1.82, 2.24) is 4.98 Å². The molecule has 6 heteroatoms. The van der Waals surface area contributed by atoms with Gasteiger partial charge in [0.05, 0.1) is 21.8 Å². The van der Waals surface area contributed by atoms with E-state index in [0.717, 1.165) is 17.8 Å². The minimum absolute atomic E-state index is 0.00638. The highest BCUT2D eigenvalue weighted by Gasteiger charge is 2.15. The average molecular weight is 319 g/mol. The van der Waals surface area contributed by atoms with Crippen LogP contribution in [0.15, 0.2) is 17.5 Å². The van der Waals surface area contributed by atoms with Crippen LogP contribution in [0.4, 0.5) is 4.39 Å². The van der Waals surface area contributed by atoms with Gasteiger partial charge in [0.25, 0.3) is 0 Å². The summed E-state index contributed by atoms with van der Waals surface area (Å²) in [5, 5.41) is 3.06. The van der Waals surface area contributed by atoms with Gasteiger partial charge in [-0.3, -0.25) is 0 Å². The van der Waals surface area contributed by atoms with E-state index in [2.05, 4.69) is 11.9 Å². The van der Waals surface area contributed by atoms with Crippen LogP contribution in [0, 0.1) is 5.82 Å². The highest BCUT2D eigenvalue weighted by molar-refractivity contribution is 7.10. The quantitative estimate of drug-likeness (QED) is 0.800. The zero-order chi connectivity index (χ0) is 14.0. The third kappa shape index (κ3) is 3.26. The Kier molecular flexibility index (Phi) is 4.79. The highest BCUT2D eigenvalue weighted by atomic mass is 35.5. The van der Waals surface area contributed by atoms with Gasteiger partial charge in [-0.15, -0.1) is 11.3 Å². The number of nitrogens with zero attached hydrogens (tertiary/aromatic N) is 1. The summed E-state index contributed by atoms with van der Waals surface area (Å²) in [6, 6.07) is 2.60. The van der Waals surface area contributed by atoms with Crippen molar-refractivity contribution in [2.75, 3.05) is 0 Å². The SMILES string of the molecule is CCCC(N)c1nc(-c2cc(F)c(Cl)cc2Cl)cs1. The van der Waals surface area contributed by atoms with Crippen molar-refractivity contribution in [2.45, 2.75) is 25.8 Å². The maximum Gasteiger partial charge on any atom is 0.142 e. The monoisotopic (exact) mass is 318 g/mol. The molecule has 0 saturated heterocycles. The molecule has 19 heavy (non-hydrogen) atoms. The molecule has 2 nitrogen and oxygen atoms in total. The summed E-state index contributed by atoms with van der Waals surface area (Å²) in [6.07, 6.45) is 1.86. The summed E-state index contributed by atoms with van der Waals surface area (Å²) in [5.74, 6) is -0.506. The minimum Gasteiger partial charge on any atom is -0.322 e. The van der Waals surface area contributed by atoms with Crippen molar-refractivity contribution in [3.63, 3.8) is 0 Å². The molecule has 102 valence electrons. The molecule has 2 rings (SSSR count). The van der Waals surface area contributed by atoms with Gasteiger partial charge in [-0.25, -0.2) is 9.37 Å². The lowest BCUT2D eigenvalue weighted by atomic mass is 10.1. The van der Waals surface area contributed by atoms with Gasteiger partial charge in [-0.05, 0) is 18.6 Å². The first kappa shape index (κ1) is 14.7. The molecule has 0 aliphatic carbocycles. The van der Waals surface area contributed by atoms with Crippen LogP contribution in [0.25, 0.3) is 11.3 Å². The number of halogens is 3. The van der Waals surface area contributed by atoms with E-state index in [9.17, 15) is 4.39 Å². The predicted octanol–water partition coefficient (Wildman–Crippen LogP) is 5.06. The van der Waals surface area contributed by atoms with E-state index < -0.39 is 5.82 Å². The normalized spacial score (nSPS) is 12.7. The molecule has 2 N–H and O–H groups in total. The van der Waals surface area contributed by atoms with Crippen LogP contribution < -0.4 is 5.73 Å². The molecular formula is C13H13Cl2FN2S. The Bertz CT molecular complexity index is 586. The van der Waals surface area contributed by atoms with Crippen LogP contribution in [-0.4, -0.2) is 4.98 Å². The number of rotatable bonds is 4. The molecule has 1 heterocycles. The summed E-state index contributed by atoms with van der Waals surface area (Å²) < 4.78 is 13.5. The Labute approximate surface area is 125 Å². The lowest BCUT2D eigenvalue weighted by molar-refractivity contribution is 0.628. The van der Waals surface area contributed by atoms with E-state index in [4.69, 9.17) is 28.9 Å². The number of aromatic nitrogens is 1. The second-order valence-corrected chi connectivity index (χ2v) is 5.92. The molecule has 1 aromatic heterocycles. The van der Waals surface area contributed by atoms with Gasteiger partial charge in [0.1, 0.15) is 10.8 Å². The van der Waals surface area contributed by atoms with Gasteiger partial charge in [-0.2, -0.15) is 0 Å². The third-order valence-electron chi connectivity index (χ3n) is 2.72. The molecule has 1 unspecified atom stereocenters. The van der Waals surface area contributed by atoms with Crippen LogP contribution in [0.5, 0.6) is 0 Å². The second kappa shape index (κ2) is 6.18. The van der Waals surface area contributed by atoms with Crippen LogP contribution in [-0.2, 0) is 0 Å². The van der Waals surface area contributed by atoms with E-state index in [1.165, 1.54) is 23.5 Å². The van der Waals surface area contributed by atoms with Crippen molar-refractivity contribution in [2.24, 2.45) is 5.73 Å². The molecule has 1 aromatic carbocycles. The molecular weight excluding hydrogens is 306 g/mol. The van der Waals surface area contributed by atoms with Crippen molar-refractivity contribution in [3.8, 4) is 11.3 Å². The maximum atomic E-state index is 13.5. The largest absolute Gasteiger partial charge is 0.322 e. The van der Waals surface area contributed by atoms with E-state index in [0.29, 0.717) is 16.3 Å². The van der Waals surface area contributed by atoms with Crippen LogP contribution in [0.2, 0.25) is 10.0 Å². The Balaban J connectivity index is 2.35. The van der Waals surface area contributed by atoms with Crippen LogP contribution in [0.3, 0.4) is 0 Å². The fourth-order valence-corrected chi connectivity index (χ4v) is 3.07. The minimum atomic E-state index is -0.506. The van der Waals surface area contributed by atoms with Crippen molar-refractivity contribution in [3.05, 3.63) is 38.4 Å². The number of hydrogen-bond acceptors (Lipinski definition) is 3. The Hall–Kier alpha value is -0.680. The van der Waals surface area contributed by atoms with Gasteiger partial charge in [0, 0.05) is 10.9 Å². The van der Waals surface area contributed by atoms with Crippen molar-refractivity contribution in [1.29, 1.82) is 0 Å². The molecule has 0 bridgehead atoms. The topological polar surface area (TPSA) is 38.9 Å². The Morgan fingerprint density at radius 2 is 2.11 bits per heavy atom. The van der Waals surface area contributed by atoms with E-state index >= 15 is 0 Å². The maximum absolute atomic E-state index is 13.5. The average Bonchev–Trinajstić information content (AvgIpc) is 2.83. The third-order valence-corrected chi connectivity index (χ3v) is 4.30. The first-order chi connectivity index (χ1) is 9.02. The molecule has 0 aliphatic heterocycles. The first-order valence-electron chi connectivity index (χ1n) is 5.88. The van der Waals surface area contributed by atoms with Crippen molar-refractivity contribution >= 4 is 34.5 Å². The van der Waals surface area contributed by atoms with Gasteiger partial charge in [-0.1, -0.05) is 36.5 Å². The molecule has 0 aliphatic rings. The Morgan fingerprint density at radius 3 is 2.79 bits per heavy atom. The van der Waals surface area contributed by atoms with Gasteiger partial charge in [0.2, 0.25) is 0 Å². The highest BCUT2D eigenvalue weighted by Crippen LogP contribution is 2.34. The van der Waals surface area contributed by atoms with E-state index in [1.54, 1.807) is 0 Å². The van der Waals surface area contributed by atoms with Crippen LogP contribution in [0.1, 0.15) is 30.8 Å². The van der Waals surface area contributed by atoms with Gasteiger partial charge >= 0.3 is 0 Å². The van der Waals surface area contributed by atoms with Gasteiger partial charge < -0.3 is 5.73 Å². The number of benzene rings is 1. The number of thiazole rings is 1.